The minimum atomic E-state index is -0.0223. The van der Waals surface area contributed by atoms with E-state index in [0.29, 0.717) is 29.5 Å². The van der Waals surface area contributed by atoms with E-state index in [2.05, 4.69) is 0 Å². The quantitative estimate of drug-likeness (QED) is 0.762. The molecule has 0 amide bonds. The highest BCUT2D eigenvalue weighted by Crippen LogP contribution is 2.27. The van der Waals surface area contributed by atoms with Crippen LogP contribution >= 0.6 is 11.6 Å². The van der Waals surface area contributed by atoms with Gasteiger partial charge in [0, 0.05) is 18.1 Å². The van der Waals surface area contributed by atoms with Gasteiger partial charge in [0.25, 0.3) is 0 Å². The van der Waals surface area contributed by atoms with E-state index in [1.165, 1.54) is 7.11 Å². The third-order valence-corrected chi connectivity index (χ3v) is 3.05. The molecule has 86 valence electrons. The van der Waals surface area contributed by atoms with E-state index in [9.17, 15) is 4.79 Å². The predicted molar refractivity (Wildman–Crippen MR) is 61.3 cm³/mol. The Hall–Kier alpha value is -1.06. The molecule has 0 aromatic heterocycles. The maximum Gasteiger partial charge on any atom is 0.168 e. The molecular weight excluding hydrogens is 228 g/mol. The first-order chi connectivity index (χ1) is 7.72. The standard InChI is InChI=1S/C12H13ClO3/c1-15-11-6-8(2-3-10(11)13)12(14)9-4-5-16-7-9/h2-3,6,9H,4-5,7H2,1H3. The van der Waals surface area contributed by atoms with Gasteiger partial charge < -0.3 is 9.47 Å². The van der Waals surface area contributed by atoms with Gasteiger partial charge in [0.2, 0.25) is 0 Å². The second kappa shape index (κ2) is 4.85. The molecule has 1 atom stereocenters. The minimum absolute atomic E-state index is 0.0223. The normalized spacial score (nSPS) is 19.8. The van der Waals surface area contributed by atoms with Crippen LogP contribution in [0.5, 0.6) is 5.75 Å². The first kappa shape index (κ1) is 11.4. The van der Waals surface area contributed by atoms with Crippen molar-refractivity contribution in [3.63, 3.8) is 0 Å². The van der Waals surface area contributed by atoms with Crippen molar-refractivity contribution in [2.24, 2.45) is 5.92 Å². The van der Waals surface area contributed by atoms with Crippen molar-refractivity contribution in [3.05, 3.63) is 28.8 Å². The van der Waals surface area contributed by atoms with Crippen LogP contribution in [0.1, 0.15) is 16.8 Å². The molecule has 0 bridgehead atoms. The van der Waals surface area contributed by atoms with Gasteiger partial charge in [-0.3, -0.25) is 4.79 Å². The van der Waals surface area contributed by atoms with Gasteiger partial charge in [0.1, 0.15) is 5.75 Å². The number of ether oxygens (including phenoxy) is 2. The second-order valence-corrected chi connectivity index (χ2v) is 4.18. The summed E-state index contributed by atoms with van der Waals surface area (Å²) in [5.41, 5.74) is 0.636. The Morgan fingerprint density at radius 1 is 1.56 bits per heavy atom. The summed E-state index contributed by atoms with van der Waals surface area (Å²) in [5, 5.41) is 0.515. The van der Waals surface area contributed by atoms with Crippen molar-refractivity contribution in [1.29, 1.82) is 0 Å². The minimum Gasteiger partial charge on any atom is -0.495 e. The molecule has 0 aliphatic carbocycles. The molecule has 4 heteroatoms. The number of benzene rings is 1. The zero-order valence-electron chi connectivity index (χ0n) is 9.03. The van der Waals surface area contributed by atoms with Gasteiger partial charge in [-0.15, -0.1) is 0 Å². The van der Waals surface area contributed by atoms with E-state index in [4.69, 9.17) is 21.1 Å². The van der Waals surface area contributed by atoms with Crippen molar-refractivity contribution < 1.29 is 14.3 Å². The number of carbonyl (C=O) groups is 1. The molecule has 1 aliphatic rings. The first-order valence-electron chi connectivity index (χ1n) is 5.18. The maximum atomic E-state index is 12.0. The highest BCUT2D eigenvalue weighted by Gasteiger charge is 2.25. The molecule has 16 heavy (non-hydrogen) atoms. The average molecular weight is 241 g/mol. The van der Waals surface area contributed by atoms with E-state index in [1.807, 2.05) is 0 Å². The second-order valence-electron chi connectivity index (χ2n) is 3.77. The Kier molecular flexibility index (Phi) is 3.46. The Labute approximate surface area is 99.3 Å². The molecule has 0 radical (unpaired) electrons. The summed E-state index contributed by atoms with van der Waals surface area (Å²) in [6.45, 7) is 1.19. The highest BCUT2D eigenvalue weighted by atomic mass is 35.5. The SMILES string of the molecule is COc1cc(C(=O)C2CCOC2)ccc1Cl. The lowest BCUT2D eigenvalue weighted by Crippen LogP contribution is -2.14. The zero-order valence-corrected chi connectivity index (χ0v) is 9.79. The molecule has 1 saturated heterocycles. The number of ketones is 1. The molecule has 1 aliphatic heterocycles. The Bertz CT molecular complexity index is 397. The first-order valence-corrected chi connectivity index (χ1v) is 5.55. The summed E-state index contributed by atoms with van der Waals surface area (Å²) in [6.07, 6.45) is 0.795. The summed E-state index contributed by atoms with van der Waals surface area (Å²) in [4.78, 5) is 12.0. The Balaban J connectivity index is 2.22. The van der Waals surface area contributed by atoms with Crippen molar-refractivity contribution in [3.8, 4) is 5.75 Å². The number of carbonyl (C=O) groups excluding carboxylic acids is 1. The number of methoxy groups -OCH3 is 1. The lowest BCUT2D eigenvalue weighted by atomic mass is 9.97. The summed E-state index contributed by atoms with van der Waals surface area (Å²) in [5.74, 6) is 0.616. The van der Waals surface area contributed by atoms with Crippen LogP contribution in [0.4, 0.5) is 0 Å². The van der Waals surface area contributed by atoms with Crippen LogP contribution < -0.4 is 4.74 Å². The van der Waals surface area contributed by atoms with Crippen LogP contribution in [0.2, 0.25) is 5.02 Å². The molecule has 1 aromatic carbocycles. The van der Waals surface area contributed by atoms with Crippen LogP contribution in [0, 0.1) is 5.92 Å². The summed E-state index contributed by atoms with van der Waals surface area (Å²) >= 11 is 5.90. The molecule has 2 rings (SSSR count). The fourth-order valence-electron chi connectivity index (χ4n) is 1.79. The van der Waals surface area contributed by atoms with Gasteiger partial charge in [0.15, 0.2) is 5.78 Å². The van der Waals surface area contributed by atoms with E-state index in [-0.39, 0.29) is 11.7 Å². The van der Waals surface area contributed by atoms with Gasteiger partial charge in [-0.1, -0.05) is 11.6 Å². The fraction of sp³-hybridized carbons (Fsp3) is 0.417. The van der Waals surface area contributed by atoms with Gasteiger partial charge in [-0.05, 0) is 24.6 Å². The molecule has 3 nitrogen and oxygen atoms in total. The Morgan fingerprint density at radius 2 is 2.38 bits per heavy atom. The molecule has 0 N–H and O–H groups in total. The van der Waals surface area contributed by atoms with Crippen molar-refractivity contribution in [2.45, 2.75) is 6.42 Å². The number of rotatable bonds is 3. The monoisotopic (exact) mass is 240 g/mol. The topological polar surface area (TPSA) is 35.5 Å². The number of hydrogen-bond donors (Lipinski definition) is 0. The van der Waals surface area contributed by atoms with Gasteiger partial charge >= 0.3 is 0 Å². The smallest absolute Gasteiger partial charge is 0.168 e. The van der Waals surface area contributed by atoms with Crippen molar-refractivity contribution in [1.82, 2.24) is 0 Å². The molecule has 0 spiro atoms. The zero-order chi connectivity index (χ0) is 11.5. The fourth-order valence-corrected chi connectivity index (χ4v) is 1.98. The average Bonchev–Trinajstić information content (AvgIpc) is 2.82. The van der Waals surface area contributed by atoms with Gasteiger partial charge in [-0.2, -0.15) is 0 Å². The maximum absolute atomic E-state index is 12.0. The molecular formula is C12H13ClO3. The largest absolute Gasteiger partial charge is 0.495 e. The van der Waals surface area contributed by atoms with E-state index >= 15 is 0 Å². The van der Waals surface area contributed by atoms with Crippen molar-refractivity contribution in [2.75, 3.05) is 20.3 Å². The third-order valence-electron chi connectivity index (χ3n) is 2.74. The van der Waals surface area contributed by atoms with E-state index in [1.54, 1.807) is 18.2 Å². The lowest BCUT2D eigenvalue weighted by molar-refractivity contribution is 0.0900. The summed E-state index contributed by atoms with van der Waals surface area (Å²) in [7, 11) is 1.54. The number of Topliss-reactive ketones (excluding diaryl/α,β-unsaturated/α-hetero) is 1. The molecule has 1 fully saturated rings. The van der Waals surface area contributed by atoms with Crippen LogP contribution in [0.25, 0.3) is 0 Å². The molecule has 1 aromatic rings. The Morgan fingerprint density at radius 3 is 3.00 bits per heavy atom. The van der Waals surface area contributed by atoms with E-state index in [0.717, 1.165) is 6.42 Å². The molecule has 0 saturated carbocycles. The van der Waals surface area contributed by atoms with Gasteiger partial charge in [-0.25, -0.2) is 0 Å². The lowest BCUT2D eigenvalue weighted by Gasteiger charge is -2.09. The summed E-state index contributed by atoms with van der Waals surface area (Å²) < 4.78 is 10.3. The highest BCUT2D eigenvalue weighted by molar-refractivity contribution is 6.32. The van der Waals surface area contributed by atoms with Crippen LogP contribution in [0.3, 0.4) is 0 Å². The number of halogens is 1. The molecule has 1 unspecified atom stereocenters. The van der Waals surface area contributed by atoms with Crippen LogP contribution in [-0.2, 0) is 4.74 Å². The van der Waals surface area contributed by atoms with E-state index < -0.39 is 0 Å². The summed E-state index contributed by atoms with van der Waals surface area (Å²) in [6, 6.07) is 5.10. The number of hydrogen-bond acceptors (Lipinski definition) is 3. The predicted octanol–water partition coefficient (Wildman–Crippen LogP) is 2.57. The van der Waals surface area contributed by atoms with Crippen LogP contribution in [0.15, 0.2) is 18.2 Å². The van der Waals surface area contributed by atoms with Crippen molar-refractivity contribution >= 4 is 17.4 Å². The molecule has 1 heterocycles. The van der Waals surface area contributed by atoms with Gasteiger partial charge in [0.05, 0.1) is 18.7 Å². The third kappa shape index (κ3) is 2.20. The van der Waals surface area contributed by atoms with Crippen LogP contribution in [-0.4, -0.2) is 26.1 Å².